The van der Waals surface area contributed by atoms with Gasteiger partial charge in [0.25, 0.3) is 11.6 Å². The van der Waals surface area contributed by atoms with Crippen molar-refractivity contribution in [2.45, 2.75) is 30.1 Å². The van der Waals surface area contributed by atoms with Gasteiger partial charge in [0.05, 0.1) is 6.61 Å². The summed E-state index contributed by atoms with van der Waals surface area (Å²) in [5.74, 6) is -0.954. The maximum absolute atomic E-state index is 11.4. The maximum atomic E-state index is 11.4. The van der Waals surface area contributed by atoms with Crippen LogP contribution in [0.3, 0.4) is 0 Å². The second-order valence-electron chi connectivity index (χ2n) is 3.81. The fourth-order valence-electron chi connectivity index (χ4n) is 1.87. The summed E-state index contributed by atoms with van der Waals surface area (Å²) < 4.78 is 5.17. The van der Waals surface area contributed by atoms with Gasteiger partial charge in [-0.15, -0.1) is 10.2 Å². The number of ether oxygens (including phenoxy) is 1. The van der Waals surface area contributed by atoms with Gasteiger partial charge in [-0.1, -0.05) is 0 Å². The van der Waals surface area contributed by atoms with Gasteiger partial charge in [0, 0.05) is 0 Å². The van der Waals surface area contributed by atoms with E-state index >= 15 is 0 Å². The predicted octanol–water partition coefficient (Wildman–Crippen LogP) is -2.86. The third kappa shape index (κ3) is 1.63. The number of hydrogen-bond donors (Lipinski definition) is 4. The molecule has 2 aliphatic rings. The number of rotatable bonds is 3. The summed E-state index contributed by atoms with van der Waals surface area (Å²) in [6, 6.07) is 0. The smallest absolute Gasteiger partial charge is 0.278 e. The Morgan fingerprint density at radius 1 is 1.47 bits per heavy atom. The van der Waals surface area contributed by atoms with E-state index in [4.69, 9.17) is 15.6 Å². The van der Waals surface area contributed by atoms with Crippen LogP contribution in [0.5, 0.6) is 0 Å². The summed E-state index contributed by atoms with van der Waals surface area (Å²) in [5.41, 5.74) is 3.29. The van der Waals surface area contributed by atoms with E-state index in [1.807, 2.05) is 0 Å². The molecule has 0 saturated carbocycles. The molecule has 9 nitrogen and oxygen atoms in total. The predicted molar refractivity (Wildman–Crippen MR) is 53.0 cm³/mol. The van der Waals surface area contributed by atoms with Gasteiger partial charge in [0.2, 0.25) is 0 Å². The molecule has 0 aromatic heterocycles. The molecule has 5 N–H and O–H groups in total. The minimum absolute atomic E-state index is 0.509. The lowest BCUT2D eigenvalue weighted by molar-refractivity contribution is -0.131. The lowest BCUT2D eigenvalue weighted by atomic mass is 9.97. The fraction of sp³-hybridized carbons (Fsp3) is 0.750. The van der Waals surface area contributed by atoms with Gasteiger partial charge in [-0.05, 0) is 0 Å². The summed E-state index contributed by atoms with van der Waals surface area (Å²) in [6.07, 6.45) is -4.05. The molecule has 0 bridgehead atoms. The number of hydrogen-bond acceptors (Lipinski definition) is 8. The van der Waals surface area contributed by atoms with Gasteiger partial charge in [-0.25, -0.2) is 4.99 Å². The molecule has 94 valence electrons. The highest BCUT2D eigenvalue weighted by molar-refractivity contribution is 5.88. The van der Waals surface area contributed by atoms with E-state index in [1.54, 1.807) is 0 Å². The molecule has 1 unspecified atom stereocenters. The van der Waals surface area contributed by atoms with E-state index in [0.717, 1.165) is 6.34 Å². The highest BCUT2D eigenvalue weighted by Gasteiger charge is 2.58. The Bertz CT molecular complexity index is 372. The Hall–Kier alpha value is -1.42. The van der Waals surface area contributed by atoms with Crippen molar-refractivity contribution in [1.29, 1.82) is 0 Å². The summed E-state index contributed by atoms with van der Waals surface area (Å²) in [7, 11) is 0. The van der Waals surface area contributed by atoms with Crippen molar-refractivity contribution in [3.63, 3.8) is 0 Å². The lowest BCUT2D eigenvalue weighted by Crippen LogP contribution is -2.54. The summed E-state index contributed by atoms with van der Waals surface area (Å²) in [5, 5.41) is 35.2. The van der Waals surface area contributed by atoms with Gasteiger partial charge in [0.1, 0.15) is 30.8 Å². The van der Waals surface area contributed by atoms with E-state index < -0.39 is 42.6 Å². The van der Waals surface area contributed by atoms with Gasteiger partial charge < -0.3 is 25.8 Å². The third-order valence-corrected chi connectivity index (χ3v) is 2.82. The fourth-order valence-corrected chi connectivity index (χ4v) is 1.87. The van der Waals surface area contributed by atoms with Crippen molar-refractivity contribution in [1.82, 2.24) is 0 Å². The molecule has 9 heteroatoms. The molecule has 0 radical (unpaired) electrons. The van der Waals surface area contributed by atoms with E-state index in [-0.39, 0.29) is 0 Å². The number of amides is 1. The van der Waals surface area contributed by atoms with Crippen LogP contribution in [0.25, 0.3) is 0 Å². The SMILES string of the molecule is NC(=O)C1([C@@H]2O[C@H](CO)[C@@H](O)[C@H]2O)N=CN=N1. The normalized spacial score (nSPS) is 44.4. The van der Waals surface area contributed by atoms with Crippen LogP contribution in [-0.2, 0) is 9.53 Å². The summed E-state index contributed by atoms with van der Waals surface area (Å²) in [4.78, 5) is 15.1. The second kappa shape index (κ2) is 4.11. The number of aliphatic imine (C=N–C) groups is 1. The molecule has 0 spiro atoms. The number of carbonyl (C=O) groups excluding carboxylic acids is 1. The van der Waals surface area contributed by atoms with E-state index in [1.165, 1.54) is 0 Å². The van der Waals surface area contributed by atoms with Crippen LogP contribution in [0.1, 0.15) is 0 Å². The second-order valence-corrected chi connectivity index (χ2v) is 3.81. The lowest BCUT2D eigenvalue weighted by Gasteiger charge is -2.26. The first-order chi connectivity index (χ1) is 8.03. The first kappa shape index (κ1) is 12.0. The summed E-state index contributed by atoms with van der Waals surface area (Å²) >= 11 is 0. The van der Waals surface area contributed by atoms with Gasteiger partial charge in [-0.2, -0.15) is 0 Å². The quantitative estimate of drug-likeness (QED) is 0.421. The third-order valence-electron chi connectivity index (χ3n) is 2.82. The number of primary amides is 1. The van der Waals surface area contributed by atoms with Crippen LogP contribution in [0, 0.1) is 0 Å². The molecule has 1 amide bonds. The van der Waals surface area contributed by atoms with Crippen LogP contribution < -0.4 is 5.73 Å². The zero-order valence-electron chi connectivity index (χ0n) is 8.67. The number of nitrogens with zero attached hydrogens (tertiary/aromatic N) is 3. The molecule has 2 heterocycles. The molecule has 17 heavy (non-hydrogen) atoms. The molecule has 5 atom stereocenters. The molecular formula is C8H12N4O5. The maximum Gasteiger partial charge on any atom is 0.278 e. The van der Waals surface area contributed by atoms with Gasteiger partial charge >= 0.3 is 0 Å². The first-order valence-corrected chi connectivity index (χ1v) is 4.91. The van der Waals surface area contributed by atoms with Gasteiger partial charge in [0.15, 0.2) is 0 Å². The van der Waals surface area contributed by atoms with E-state index in [2.05, 4.69) is 15.2 Å². The van der Waals surface area contributed by atoms with Crippen molar-refractivity contribution < 1.29 is 24.9 Å². The molecule has 2 aliphatic heterocycles. The van der Waals surface area contributed by atoms with Crippen LogP contribution in [0.4, 0.5) is 0 Å². The number of aliphatic hydroxyl groups excluding tert-OH is 3. The highest BCUT2D eigenvalue weighted by atomic mass is 16.6. The zero-order valence-corrected chi connectivity index (χ0v) is 8.67. The van der Waals surface area contributed by atoms with Crippen molar-refractivity contribution >= 4 is 12.2 Å². The van der Waals surface area contributed by atoms with Crippen LogP contribution in [0.2, 0.25) is 0 Å². The Kier molecular flexibility index (Phi) is 2.91. The standard InChI is InChI=1S/C8H12N4O5/c9-7(16)8(10-2-11-12-8)6-5(15)4(14)3(1-13)17-6/h2-6,13-15H,1H2,(H2,9,16)/t3-,4-,5-,6-,8?/m1/s1. The Balaban J connectivity index is 2.31. The van der Waals surface area contributed by atoms with Crippen molar-refractivity contribution in [3.8, 4) is 0 Å². The molecule has 1 fully saturated rings. The van der Waals surface area contributed by atoms with Crippen molar-refractivity contribution in [2.24, 2.45) is 21.0 Å². The van der Waals surface area contributed by atoms with Crippen molar-refractivity contribution in [2.75, 3.05) is 6.61 Å². The van der Waals surface area contributed by atoms with Gasteiger partial charge in [-0.3, -0.25) is 4.79 Å². The molecule has 0 aromatic carbocycles. The van der Waals surface area contributed by atoms with Crippen LogP contribution >= 0.6 is 0 Å². The largest absolute Gasteiger partial charge is 0.394 e. The topological polar surface area (TPSA) is 150 Å². The number of nitrogens with two attached hydrogens (primary N) is 1. The average Bonchev–Trinajstić information content (AvgIpc) is 2.87. The number of aliphatic hydroxyl groups is 3. The molecule has 0 aromatic rings. The Labute approximate surface area is 95.6 Å². The zero-order chi connectivity index (χ0) is 12.6. The molecule has 2 rings (SSSR count). The van der Waals surface area contributed by atoms with E-state index in [0.29, 0.717) is 0 Å². The Morgan fingerprint density at radius 2 is 2.18 bits per heavy atom. The highest BCUT2D eigenvalue weighted by Crippen LogP contribution is 2.34. The molecular weight excluding hydrogens is 232 g/mol. The minimum Gasteiger partial charge on any atom is -0.394 e. The number of azo groups is 1. The molecule has 0 aliphatic carbocycles. The minimum atomic E-state index is -1.87. The van der Waals surface area contributed by atoms with Crippen molar-refractivity contribution in [3.05, 3.63) is 0 Å². The first-order valence-electron chi connectivity index (χ1n) is 4.91. The Morgan fingerprint density at radius 3 is 2.59 bits per heavy atom. The monoisotopic (exact) mass is 244 g/mol. The number of carbonyl (C=O) groups is 1. The van der Waals surface area contributed by atoms with Crippen LogP contribution in [0.15, 0.2) is 15.2 Å². The average molecular weight is 244 g/mol. The molecule has 1 saturated heterocycles. The van der Waals surface area contributed by atoms with E-state index in [9.17, 15) is 15.0 Å². The summed E-state index contributed by atoms with van der Waals surface area (Å²) in [6.45, 7) is -0.509. The van der Waals surface area contributed by atoms with Crippen LogP contribution in [-0.4, -0.2) is 64.3 Å².